The molecule has 0 aliphatic rings. The summed E-state index contributed by atoms with van der Waals surface area (Å²) < 4.78 is 12.3. The van der Waals surface area contributed by atoms with E-state index in [2.05, 4.69) is 6.07 Å². The molecule has 0 fully saturated rings. The van der Waals surface area contributed by atoms with Crippen LogP contribution in [0.3, 0.4) is 0 Å². The van der Waals surface area contributed by atoms with Crippen molar-refractivity contribution in [1.82, 2.24) is 0 Å². The molecule has 0 heterocycles. The molecule has 0 spiro atoms. The summed E-state index contributed by atoms with van der Waals surface area (Å²) in [6.45, 7) is 1.69. The topological polar surface area (TPSA) is 0 Å². The summed E-state index contributed by atoms with van der Waals surface area (Å²) in [7, 11) is 9.81. The maximum atomic E-state index is 12.3. The maximum absolute atomic E-state index is 12.3. The van der Waals surface area contributed by atoms with Gasteiger partial charge in [0, 0.05) is 0 Å². The minimum absolute atomic E-state index is 0.187. The Balaban J connectivity index is 0.000000292. The molecule has 0 aliphatic heterocycles. The fourth-order valence-electron chi connectivity index (χ4n) is 0.500. The van der Waals surface area contributed by atoms with Crippen LogP contribution in [-0.4, -0.2) is 18.2 Å². The highest BCUT2D eigenvalue weighted by Gasteiger charge is 1.89. The molecule has 0 aliphatic carbocycles. The van der Waals surface area contributed by atoms with Crippen LogP contribution in [-0.2, 0) is 0 Å². The summed E-state index contributed by atoms with van der Waals surface area (Å²) in [5.74, 6) is -0.187. The third kappa shape index (κ3) is 5.73. The van der Waals surface area contributed by atoms with Gasteiger partial charge in [-0.15, -0.1) is 0 Å². The molecule has 0 bridgehead atoms. The molecule has 0 nitrogen and oxygen atoms in total. The van der Waals surface area contributed by atoms with Gasteiger partial charge in [0.1, 0.15) is 5.82 Å². The maximum Gasteiger partial charge on any atom is 0.618 e. The van der Waals surface area contributed by atoms with Crippen molar-refractivity contribution in [2.75, 3.05) is 0 Å². The van der Waals surface area contributed by atoms with Crippen molar-refractivity contribution < 1.29 is 4.39 Å². The Bertz CT molecular complexity index is 184. The van der Waals surface area contributed by atoms with Crippen LogP contribution < -0.4 is 0 Å². The standard InChI is InChI=1S/C7H6F.2ClH.Mg/c1-6-4-2-3-5-7(6)8;;;/h2-3,5H,1H3;2*1H;/q;;;+2/p-2. The Kier molecular flexibility index (Phi) is 7.48. The van der Waals surface area contributed by atoms with Crippen molar-refractivity contribution >= 4 is 36.3 Å². The lowest BCUT2D eigenvalue weighted by molar-refractivity contribution is 0.618. The number of hydrogen-bond acceptors (Lipinski definition) is 0. The Labute approximate surface area is 83.0 Å². The van der Waals surface area contributed by atoms with E-state index in [0.717, 1.165) is 0 Å². The number of rotatable bonds is 0. The lowest BCUT2D eigenvalue weighted by Crippen LogP contribution is -1.77. The summed E-state index contributed by atoms with van der Waals surface area (Å²) in [6.07, 6.45) is 0. The second-order valence-electron chi connectivity index (χ2n) is 1.74. The van der Waals surface area contributed by atoms with Crippen molar-refractivity contribution in [2.24, 2.45) is 0 Å². The number of halogens is 3. The Morgan fingerprint density at radius 1 is 1.55 bits per heavy atom. The van der Waals surface area contributed by atoms with Gasteiger partial charge >= 0.3 is 18.2 Å². The molecule has 1 radical (unpaired) electrons. The third-order valence-corrected chi connectivity index (χ3v) is 0.997. The molecule has 1 aromatic rings. The van der Waals surface area contributed by atoms with Crippen molar-refractivity contribution in [3.05, 3.63) is 35.6 Å². The zero-order valence-corrected chi connectivity index (χ0v) is 9.00. The molecule has 57 valence electrons. The Morgan fingerprint density at radius 2 is 2.09 bits per heavy atom. The van der Waals surface area contributed by atoms with E-state index in [4.69, 9.17) is 18.1 Å². The molecule has 0 unspecified atom stereocenters. The molecule has 0 N–H and O–H groups in total. The molecule has 0 saturated heterocycles. The predicted octanol–water partition coefficient (Wildman–Crippen LogP) is 2.93. The van der Waals surface area contributed by atoms with Crippen LogP contribution in [0.2, 0.25) is 0 Å². The normalized spacial score (nSPS) is 7.64. The third-order valence-electron chi connectivity index (χ3n) is 0.997. The number of aryl methyl sites for hydroxylation is 1. The molecule has 1 aromatic carbocycles. The summed E-state index contributed by atoms with van der Waals surface area (Å²) in [6, 6.07) is 7.47. The summed E-state index contributed by atoms with van der Waals surface area (Å²) in [5.41, 5.74) is 0.576. The second kappa shape index (κ2) is 7.16. The zero-order chi connectivity index (χ0) is 8.69. The zero-order valence-electron chi connectivity index (χ0n) is 6.07. The molecule has 0 saturated carbocycles. The van der Waals surface area contributed by atoms with E-state index < -0.39 is 18.2 Å². The highest BCUT2D eigenvalue weighted by Crippen LogP contribution is 2.01. The van der Waals surface area contributed by atoms with Crippen molar-refractivity contribution in [3.8, 4) is 0 Å². The lowest BCUT2D eigenvalue weighted by atomic mass is 10.2. The lowest BCUT2D eigenvalue weighted by Gasteiger charge is -1.88. The fraction of sp³-hybridized carbons (Fsp3) is 0.143. The summed E-state index contributed by atoms with van der Waals surface area (Å²) >= 11 is -0.639. The average Bonchev–Trinajstić information content (AvgIpc) is 1.97. The van der Waals surface area contributed by atoms with E-state index >= 15 is 0 Å². The van der Waals surface area contributed by atoms with Crippen LogP contribution in [0, 0.1) is 18.8 Å². The van der Waals surface area contributed by atoms with E-state index in [1.165, 1.54) is 6.07 Å². The van der Waals surface area contributed by atoms with Gasteiger partial charge < -0.3 is 18.1 Å². The van der Waals surface area contributed by atoms with Gasteiger partial charge in [-0.05, 0) is 24.6 Å². The number of hydrogen-bond donors (Lipinski definition) is 0. The smallest absolute Gasteiger partial charge is 0.309 e. The average molecular weight is 204 g/mol. The van der Waals surface area contributed by atoms with Gasteiger partial charge in [-0.3, -0.25) is 0 Å². The monoisotopic (exact) mass is 203 g/mol. The van der Waals surface area contributed by atoms with Gasteiger partial charge in [0.05, 0.1) is 0 Å². The van der Waals surface area contributed by atoms with Crippen molar-refractivity contribution in [2.45, 2.75) is 6.92 Å². The molecular formula is C7H6Cl2FMg. The largest absolute Gasteiger partial charge is 0.618 e. The molecule has 11 heavy (non-hydrogen) atoms. The minimum atomic E-state index is -0.639. The van der Waals surface area contributed by atoms with Crippen LogP contribution in [0.25, 0.3) is 0 Å². The van der Waals surface area contributed by atoms with Crippen LogP contribution in [0.15, 0.2) is 18.2 Å². The SMILES string of the molecule is Cc1[c]cccc1F.[Cl][Mg][Cl]. The molecule has 0 aromatic heterocycles. The molecule has 4 heteroatoms. The Morgan fingerprint density at radius 3 is 2.36 bits per heavy atom. The van der Waals surface area contributed by atoms with Gasteiger partial charge in [-0.25, -0.2) is 4.39 Å². The first kappa shape index (κ1) is 11.5. The molecule has 1 rings (SSSR count). The van der Waals surface area contributed by atoms with E-state index in [9.17, 15) is 4.39 Å². The quantitative estimate of drug-likeness (QED) is 0.570. The molecule has 0 atom stereocenters. The molecular weight excluding hydrogens is 198 g/mol. The number of benzene rings is 1. The highest BCUT2D eigenvalue weighted by molar-refractivity contribution is 7.22. The Hall–Kier alpha value is 0.496. The van der Waals surface area contributed by atoms with Crippen LogP contribution >= 0.6 is 18.1 Å². The minimum Gasteiger partial charge on any atom is -0.309 e. The van der Waals surface area contributed by atoms with Crippen molar-refractivity contribution in [3.63, 3.8) is 0 Å². The summed E-state index contributed by atoms with van der Waals surface area (Å²) in [5, 5.41) is 0. The highest BCUT2D eigenvalue weighted by atomic mass is 35.6. The van der Waals surface area contributed by atoms with Gasteiger partial charge in [0.15, 0.2) is 0 Å². The van der Waals surface area contributed by atoms with Crippen LogP contribution in [0.1, 0.15) is 5.56 Å². The van der Waals surface area contributed by atoms with E-state index in [1.54, 1.807) is 19.1 Å². The fourth-order valence-corrected chi connectivity index (χ4v) is 0.500. The first-order valence-corrected chi connectivity index (χ1v) is 7.24. The van der Waals surface area contributed by atoms with E-state index in [-0.39, 0.29) is 5.82 Å². The second-order valence-corrected chi connectivity index (χ2v) is 4.37. The van der Waals surface area contributed by atoms with Gasteiger partial charge in [0.25, 0.3) is 0 Å². The predicted molar refractivity (Wildman–Crippen MR) is 47.4 cm³/mol. The summed E-state index contributed by atoms with van der Waals surface area (Å²) in [4.78, 5) is 0. The molecule has 0 amide bonds. The van der Waals surface area contributed by atoms with Crippen LogP contribution in [0.4, 0.5) is 4.39 Å². The van der Waals surface area contributed by atoms with Crippen molar-refractivity contribution in [1.29, 1.82) is 0 Å². The van der Waals surface area contributed by atoms with Gasteiger partial charge in [0.2, 0.25) is 0 Å². The van der Waals surface area contributed by atoms with E-state index in [1.807, 2.05) is 0 Å². The first-order chi connectivity index (χ1) is 5.22. The van der Waals surface area contributed by atoms with Gasteiger partial charge in [-0.2, -0.15) is 0 Å². The first-order valence-electron chi connectivity index (χ1n) is 2.97. The van der Waals surface area contributed by atoms with E-state index in [0.29, 0.717) is 5.56 Å². The van der Waals surface area contributed by atoms with Crippen LogP contribution in [0.5, 0.6) is 0 Å². The van der Waals surface area contributed by atoms with Gasteiger partial charge in [-0.1, -0.05) is 12.1 Å².